The van der Waals surface area contributed by atoms with Crippen LogP contribution in [0.4, 0.5) is 5.69 Å². The number of ether oxygens (including phenoxy) is 2. The first-order valence-corrected chi connectivity index (χ1v) is 8.40. The van der Waals surface area contributed by atoms with Crippen LogP contribution in [0, 0.1) is 0 Å². The van der Waals surface area contributed by atoms with Crippen molar-refractivity contribution in [3.63, 3.8) is 0 Å². The first-order chi connectivity index (χ1) is 10.8. The second kappa shape index (κ2) is 7.65. The van der Waals surface area contributed by atoms with Crippen molar-refractivity contribution in [1.82, 2.24) is 0 Å². The van der Waals surface area contributed by atoms with Gasteiger partial charge in [-0.05, 0) is 30.5 Å². The summed E-state index contributed by atoms with van der Waals surface area (Å²) in [5, 5.41) is 3.57. The Kier molecular flexibility index (Phi) is 5.35. The van der Waals surface area contributed by atoms with E-state index < -0.39 is 0 Å². The molecule has 0 saturated carbocycles. The predicted octanol–water partition coefficient (Wildman–Crippen LogP) is 4.62. The monoisotopic (exact) mass is 361 g/mol. The maximum absolute atomic E-state index is 5.91. The van der Waals surface area contributed by atoms with Crippen molar-refractivity contribution in [1.29, 1.82) is 0 Å². The SMILES string of the molecule is Brc1cc(NC2CCOCC2)cc(OCc2ccccc2)c1. The molecule has 1 aliphatic heterocycles. The Morgan fingerprint density at radius 1 is 1.09 bits per heavy atom. The molecule has 0 spiro atoms. The molecule has 0 bridgehead atoms. The van der Waals surface area contributed by atoms with Gasteiger partial charge in [0.1, 0.15) is 12.4 Å². The Balaban J connectivity index is 1.64. The summed E-state index contributed by atoms with van der Waals surface area (Å²) in [6.45, 7) is 2.25. The number of hydrogen-bond acceptors (Lipinski definition) is 3. The van der Waals surface area contributed by atoms with Crippen LogP contribution in [0.2, 0.25) is 0 Å². The molecule has 4 heteroatoms. The Morgan fingerprint density at radius 3 is 2.64 bits per heavy atom. The standard InChI is InChI=1S/C18H20BrNO2/c19-15-10-17(20-16-6-8-21-9-7-16)12-18(11-15)22-13-14-4-2-1-3-5-14/h1-5,10-12,16,20H,6-9,13H2. The van der Waals surface area contributed by atoms with Gasteiger partial charge in [-0.2, -0.15) is 0 Å². The summed E-state index contributed by atoms with van der Waals surface area (Å²) in [6, 6.07) is 16.8. The molecule has 2 aromatic carbocycles. The summed E-state index contributed by atoms with van der Waals surface area (Å²) in [7, 11) is 0. The summed E-state index contributed by atoms with van der Waals surface area (Å²) in [5.74, 6) is 0.868. The van der Waals surface area contributed by atoms with Crippen LogP contribution < -0.4 is 10.1 Å². The van der Waals surface area contributed by atoms with Gasteiger partial charge in [-0.3, -0.25) is 0 Å². The van der Waals surface area contributed by atoms with Gasteiger partial charge in [0.05, 0.1) is 0 Å². The second-order valence-electron chi connectivity index (χ2n) is 5.48. The van der Waals surface area contributed by atoms with Gasteiger partial charge in [-0.25, -0.2) is 0 Å². The molecule has 0 aromatic heterocycles. The van der Waals surface area contributed by atoms with Crippen LogP contribution in [0.25, 0.3) is 0 Å². The molecule has 1 aliphatic rings. The molecular formula is C18H20BrNO2. The second-order valence-corrected chi connectivity index (χ2v) is 6.40. The summed E-state index contributed by atoms with van der Waals surface area (Å²) >= 11 is 3.56. The summed E-state index contributed by atoms with van der Waals surface area (Å²) in [6.07, 6.45) is 2.10. The number of rotatable bonds is 5. The summed E-state index contributed by atoms with van der Waals surface area (Å²) in [4.78, 5) is 0. The fourth-order valence-corrected chi connectivity index (χ4v) is 3.02. The number of anilines is 1. The molecular weight excluding hydrogens is 342 g/mol. The third kappa shape index (κ3) is 4.49. The number of benzene rings is 2. The minimum absolute atomic E-state index is 0.477. The van der Waals surface area contributed by atoms with Crippen LogP contribution in [-0.4, -0.2) is 19.3 Å². The minimum Gasteiger partial charge on any atom is -0.489 e. The van der Waals surface area contributed by atoms with Crippen molar-refractivity contribution in [3.8, 4) is 5.75 Å². The number of hydrogen-bond donors (Lipinski definition) is 1. The van der Waals surface area contributed by atoms with Crippen molar-refractivity contribution in [3.05, 3.63) is 58.6 Å². The maximum atomic E-state index is 5.91. The first kappa shape index (κ1) is 15.4. The molecule has 3 rings (SSSR count). The highest BCUT2D eigenvalue weighted by Crippen LogP contribution is 2.27. The Hall–Kier alpha value is -1.52. The molecule has 0 unspecified atom stereocenters. The van der Waals surface area contributed by atoms with Gasteiger partial charge in [0.15, 0.2) is 0 Å². The van der Waals surface area contributed by atoms with E-state index in [9.17, 15) is 0 Å². The normalized spacial score (nSPS) is 15.5. The quantitative estimate of drug-likeness (QED) is 0.842. The van der Waals surface area contributed by atoms with Crippen LogP contribution >= 0.6 is 15.9 Å². The average molecular weight is 362 g/mol. The van der Waals surface area contributed by atoms with Crippen LogP contribution in [0.15, 0.2) is 53.0 Å². The molecule has 0 aliphatic carbocycles. The van der Waals surface area contributed by atoms with E-state index in [1.54, 1.807) is 0 Å². The van der Waals surface area contributed by atoms with Gasteiger partial charge in [0.2, 0.25) is 0 Å². The van der Waals surface area contributed by atoms with E-state index in [2.05, 4.69) is 45.5 Å². The summed E-state index contributed by atoms with van der Waals surface area (Å²) < 4.78 is 12.3. The average Bonchev–Trinajstić information content (AvgIpc) is 2.54. The number of halogens is 1. The Bertz CT molecular complexity index is 597. The van der Waals surface area contributed by atoms with Gasteiger partial charge in [-0.15, -0.1) is 0 Å². The molecule has 116 valence electrons. The van der Waals surface area contributed by atoms with Crippen molar-refractivity contribution in [2.45, 2.75) is 25.5 Å². The fraction of sp³-hybridized carbons (Fsp3) is 0.333. The lowest BCUT2D eigenvalue weighted by Gasteiger charge is -2.24. The Labute approximate surface area is 139 Å². The van der Waals surface area contributed by atoms with Crippen LogP contribution in [0.5, 0.6) is 5.75 Å². The van der Waals surface area contributed by atoms with Crippen molar-refractivity contribution in [2.24, 2.45) is 0 Å². The van der Waals surface area contributed by atoms with E-state index in [4.69, 9.17) is 9.47 Å². The van der Waals surface area contributed by atoms with Crippen LogP contribution in [0.3, 0.4) is 0 Å². The lowest BCUT2D eigenvalue weighted by Crippen LogP contribution is -2.27. The lowest BCUT2D eigenvalue weighted by molar-refractivity contribution is 0.0904. The molecule has 2 aromatic rings. The Morgan fingerprint density at radius 2 is 1.86 bits per heavy atom. The predicted molar refractivity (Wildman–Crippen MR) is 92.4 cm³/mol. The van der Waals surface area contributed by atoms with E-state index in [1.165, 1.54) is 5.56 Å². The van der Waals surface area contributed by atoms with Crippen molar-refractivity contribution >= 4 is 21.6 Å². The molecule has 0 amide bonds. The highest BCUT2D eigenvalue weighted by atomic mass is 79.9. The lowest BCUT2D eigenvalue weighted by atomic mass is 10.1. The minimum atomic E-state index is 0.477. The topological polar surface area (TPSA) is 30.5 Å². The van der Waals surface area contributed by atoms with E-state index in [1.807, 2.05) is 24.3 Å². The van der Waals surface area contributed by atoms with E-state index in [-0.39, 0.29) is 0 Å². The summed E-state index contributed by atoms with van der Waals surface area (Å²) in [5.41, 5.74) is 2.26. The zero-order valence-corrected chi connectivity index (χ0v) is 14.0. The zero-order valence-electron chi connectivity index (χ0n) is 12.4. The highest BCUT2D eigenvalue weighted by molar-refractivity contribution is 9.10. The maximum Gasteiger partial charge on any atom is 0.122 e. The third-order valence-corrected chi connectivity index (χ3v) is 4.17. The molecule has 1 fully saturated rings. The highest BCUT2D eigenvalue weighted by Gasteiger charge is 2.13. The van der Waals surface area contributed by atoms with Crippen LogP contribution in [-0.2, 0) is 11.3 Å². The van der Waals surface area contributed by atoms with E-state index >= 15 is 0 Å². The van der Waals surface area contributed by atoms with Gasteiger partial charge in [-0.1, -0.05) is 46.3 Å². The zero-order chi connectivity index (χ0) is 15.2. The largest absolute Gasteiger partial charge is 0.489 e. The molecule has 1 N–H and O–H groups in total. The first-order valence-electron chi connectivity index (χ1n) is 7.61. The van der Waals surface area contributed by atoms with E-state index in [0.717, 1.165) is 42.0 Å². The third-order valence-electron chi connectivity index (χ3n) is 3.71. The van der Waals surface area contributed by atoms with Gasteiger partial charge < -0.3 is 14.8 Å². The van der Waals surface area contributed by atoms with Crippen molar-refractivity contribution < 1.29 is 9.47 Å². The van der Waals surface area contributed by atoms with Crippen LogP contribution in [0.1, 0.15) is 18.4 Å². The van der Waals surface area contributed by atoms with Gasteiger partial charge >= 0.3 is 0 Å². The molecule has 1 heterocycles. The molecule has 3 nitrogen and oxygen atoms in total. The van der Waals surface area contributed by atoms with Gasteiger partial charge in [0, 0.05) is 35.5 Å². The molecule has 0 atom stereocenters. The van der Waals surface area contributed by atoms with E-state index in [0.29, 0.717) is 12.6 Å². The smallest absolute Gasteiger partial charge is 0.122 e. The molecule has 22 heavy (non-hydrogen) atoms. The number of nitrogens with one attached hydrogen (secondary N) is 1. The fourth-order valence-electron chi connectivity index (χ4n) is 2.55. The van der Waals surface area contributed by atoms with Crippen molar-refractivity contribution in [2.75, 3.05) is 18.5 Å². The molecule has 1 saturated heterocycles. The van der Waals surface area contributed by atoms with Gasteiger partial charge in [0.25, 0.3) is 0 Å². The molecule has 0 radical (unpaired) electrons.